The lowest BCUT2D eigenvalue weighted by Crippen LogP contribution is -2.37. The molecule has 0 aliphatic carbocycles. The summed E-state index contributed by atoms with van der Waals surface area (Å²) < 4.78 is 5.41. The van der Waals surface area contributed by atoms with Gasteiger partial charge in [0.05, 0.1) is 24.9 Å². The average Bonchev–Trinajstić information content (AvgIpc) is 2.31. The molecule has 1 N–H and O–H groups in total. The molecule has 2 atom stereocenters. The van der Waals surface area contributed by atoms with Gasteiger partial charge in [-0.25, -0.2) is 0 Å². The van der Waals surface area contributed by atoms with Crippen LogP contribution in [0, 0.1) is 0 Å². The Labute approximate surface area is 85.6 Å². The Morgan fingerprint density at radius 1 is 1.50 bits per heavy atom. The zero-order chi connectivity index (χ0) is 10.7. The first-order valence-electron chi connectivity index (χ1n) is 5.20. The summed E-state index contributed by atoms with van der Waals surface area (Å²) in [6.45, 7) is 9.17. The van der Waals surface area contributed by atoms with Crippen LogP contribution < -0.4 is 5.32 Å². The monoisotopic (exact) mass is 200 g/mol. The van der Waals surface area contributed by atoms with Crippen LogP contribution in [0.2, 0.25) is 0 Å². The Hall–Kier alpha value is -0.610. The van der Waals surface area contributed by atoms with Crippen LogP contribution >= 0.6 is 0 Å². The minimum Gasteiger partial charge on any atom is -0.377 e. The third kappa shape index (κ3) is 2.69. The summed E-state index contributed by atoms with van der Waals surface area (Å²) in [7, 11) is 0. The van der Waals surface area contributed by atoms with Crippen LogP contribution in [-0.2, 0) is 9.53 Å². The van der Waals surface area contributed by atoms with E-state index < -0.39 is 0 Å². The minimum atomic E-state index is -0.0518. The van der Waals surface area contributed by atoms with E-state index in [1.54, 1.807) is 0 Å². The van der Waals surface area contributed by atoms with Gasteiger partial charge in [0.15, 0.2) is 0 Å². The number of carbonyl (C=O) groups is 1. The maximum Gasteiger partial charge on any atom is 0.240 e. The Morgan fingerprint density at radius 2 is 2.14 bits per heavy atom. The van der Waals surface area contributed by atoms with Crippen molar-refractivity contribution in [1.29, 1.82) is 0 Å². The fourth-order valence-corrected chi connectivity index (χ4v) is 1.65. The molecule has 14 heavy (non-hydrogen) atoms. The SMILES string of the molecule is CC(C)OCCN1C(=O)C(C)NC1C. The van der Waals surface area contributed by atoms with Crippen molar-refractivity contribution >= 4 is 5.91 Å². The van der Waals surface area contributed by atoms with E-state index in [-0.39, 0.29) is 24.2 Å². The molecule has 4 nitrogen and oxygen atoms in total. The van der Waals surface area contributed by atoms with Crippen molar-refractivity contribution in [2.24, 2.45) is 0 Å². The standard InChI is InChI=1S/C10H20N2O2/c1-7(2)14-6-5-12-9(4)11-8(3)10(12)13/h7-9,11H,5-6H2,1-4H3. The number of hydrogen-bond donors (Lipinski definition) is 1. The van der Waals surface area contributed by atoms with E-state index in [0.717, 1.165) is 0 Å². The van der Waals surface area contributed by atoms with Gasteiger partial charge in [-0.3, -0.25) is 10.1 Å². The van der Waals surface area contributed by atoms with Gasteiger partial charge in [0.1, 0.15) is 0 Å². The van der Waals surface area contributed by atoms with Gasteiger partial charge >= 0.3 is 0 Å². The summed E-state index contributed by atoms with van der Waals surface area (Å²) in [5.74, 6) is 0.171. The highest BCUT2D eigenvalue weighted by molar-refractivity contribution is 5.83. The minimum absolute atomic E-state index is 0.0518. The van der Waals surface area contributed by atoms with Crippen molar-refractivity contribution in [1.82, 2.24) is 10.2 Å². The summed E-state index contributed by atoms with van der Waals surface area (Å²) in [5, 5.41) is 3.18. The van der Waals surface area contributed by atoms with Crippen molar-refractivity contribution in [3.63, 3.8) is 0 Å². The second kappa shape index (κ2) is 4.75. The van der Waals surface area contributed by atoms with Crippen LogP contribution in [0.5, 0.6) is 0 Å². The molecule has 0 saturated carbocycles. The van der Waals surface area contributed by atoms with Gasteiger partial charge in [0.25, 0.3) is 0 Å². The van der Waals surface area contributed by atoms with E-state index >= 15 is 0 Å². The number of nitrogens with one attached hydrogen (secondary N) is 1. The number of hydrogen-bond acceptors (Lipinski definition) is 3. The first-order valence-corrected chi connectivity index (χ1v) is 5.20. The summed E-state index contributed by atoms with van der Waals surface area (Å²) in [6, 6.07) is -0.0518. The Kier molecular flexibility index (Phi) is 3.89. The largest absolute Gasteiger partial charge is 0.377 e. The number of nitrogens with zero attached hydrogens (tertiary/aromatic N) is 1. The van der Waals surface area contributed by atoms with Gasteiger partial charge in [0.2, 0.25) is 5.91 Å². The molecule has 4 heteroatoms. The molecule has 1 heterocycles. The topological polar surface area (TPSA) is 41.6 Å². The van der Waals surface area contributed by atoms with Crippen molar-refractivity contribution < 1.29 is 9.53 Å². The highest BCUT2D eigenvalue weighted by Gasteiger charge is 2.32. The van der Waals surface area contributed by atoms with Crippen LogP contribution in [-0.4, -0.2) is 42.3 Å². The summed E-state index contributed by atoms with van der Waals surface area (Å²) in [5.41, 5.74) is 0. The van der Waals surface area contributed by atoms with Crippen molar-refractivity contribution in [3.05, 3.63) is 0 Å². The van der Waals surface area contributed by atoms with Crippen molar-refractivity contribution in [3.8, 4) is 0 Å². The predicted octanol–water partition coefficient (Wildman–Crippen LogP) is 0.578. The second-order valence-corrected chi connectivity index (χ2v) is 4.02. The van der Waals surface area contributed by atoms with Gasteiger partial charge in [-0.05, 0) is 27.7 Å². The van der Waals surface area contributed by atoms with Crippen LogP contribution in [0.4, 0.5) is 0 Å². The van der Waals surface area contributed by atoms with Gasteiger partial charge in [-0.2, -0.15) is 0 Å². The molecule has 1 saturated heterocycles. The molecule has 1 aliphatic rings. The van der Waals surface area contributed by atoms with Gasteiger partial charge in [-0.1, -0.05) is 0 Å². The Morgan fingerprint density at radius 3 is 2.57 bits per heavy atom. The van der Waals surface area contributed by atoms with Gasteiger partial charge in [0, 0.05) is 6.54 Å². The Balaban J connectivity index is 2.33. The first-order chi connectivity index (χ1) is 6.52. The molecule has 0 aromatic rings. The van der Waals surface area contributed by atoms with Gasteiger partial charge < -0.3 is 9.64 Å². The van der Waals surface area contributed by atoms with E-state index in [1.165, 1.54) is 0 Å². The molecule has 1 aliphatic heterocycles. The third-order valence-corrected chi connectivity index (χ3v) is 2.40. The Bertz CT molecular complexity index is 206. The van der Waals surface area contributed by atoms with Crippen LogP contribution in [0.25, 0.3) is 0 Å². The third-order valence-electron chi connectivity index (χ3n) is 2.40. The van der Waals surface area contributed by atoms with Gasteiger partial charge in [-0.15, -0.1) is 0 Å². The van der Waals surface area contributed by atoms with Crippen LogP contribution in [0.1, 0.15) is 27.7 Å². The second-order valence-electron chi connectivity index (χ2n) is 4.02. The zero-order valence-corrected chi connectivity index (χ0v) is 9.41. The zero-order valence-electron chi connectivity index (χ0n) is 9.41. The molecule has 0 aromatic heterocycles. The summed E-state index contributed by atoms with van der Waals surface area (Å²) >= 11 is 0. The number of carbonyl (C=O) groups excluding carboxylic acids is 1. The fraction of sp³-hybridized carbons (Fsp3) is 0.900. The quantitative estimate of drug-likeness (QED) is 0.721. The van der Waals surface area contributed by atoms with E-state index in [9.17, 15) is 4.79 Å². The first kappa shape index (κ1) is 11.5. The lowest BCUT2D eigenvalue weighted by Gasteiger charge is -2.21. The van der Waals surface area contributed by atoms with Crippen LogP contribution in [0.3, 0.4) is 0 Å². The van der Waals surface area contributed by atoms with E-state index in [2.05, 4.69) is 5.32 Å². The molecule has 1 amide bonds. The molecule has 1 fully saturated rings. The molecule has 2 unspecified atom stereocenters. The molecule has 1 rings (SSSR count). The fourth-order valence-electron chi connectivity index (χ4n) is 1.65. The van der Waals surface area contributed by atoms with E-state index in [1.807, 2.05) is 32.6 Å². The van der Waals surface area contributed by atoms with Crippen molar-refractivity contribution in [2.45, 2.75) is 46.0 Å². The normalized spacial score (nSPS) is 27.8. The number of amides is 1. The smallest absolute Gasteiger partial charge is 0.240 e. The molecule has 0 spiro atoms. The average molecular weight is 200 g/mol. The number of rotatable bonds is 4. The highest BCUT2D eigenvalue weighted by Crippen LogP contribution is 2.09. The number of ether oxygens (including phenoxy) is 1. The predicted molar refractivity (Wildman–Crippen MR) is 54.9 cm³/mol. The molecule has 0 aromatic carbocycles. The summed E-state index contributed by atoms with van der Waals surface area (Å²) in [4.78, 5) is 13.4. The lowest BCUT2D eigenvalue weighted by atomic mass is 10.3. The highest BCUT2D eigenvalue weighted by atomic mass is 16.5. The lowest BCUT2D eigenvalue weighted by molar-refractivity contribution is -0.130. The molecular weight excluding hydrogens is 180 g/mol. The summed E-state index contributed by atoms with van der Waals surface area (Å²) in [6.07, 6.45) is 0.363. The molecular formula is C10H20N2O2. The molecule has 0 bridgehead atoms. The van der Waals surface area contributed by atoms with Crippen LogP contribution in [0.15, 0.2) is 0 Å². The molecule has 0 radical (unpaired) electrons. The maximum atomic E-state index is 11.6. The van der Waals surface area contributed by atoms with Crippen molar-refractivity contribution in [2.75, 3.05) is 13.2 Å². The maximum absolute atomic E-state index is 11.6. The molecule has 82 valence electrons. The van der Waals surface area contributed by atoms with E-state index in [0.29, 0.717) is 13.2 Å². The van der Waals surface area contributed by atoms with E-state index in [4.69, 9.17) is 4.74 Å².